The van der Waals surface area contributed by atoms with Crippen LogP contribution in [0.3, 0.4) is 0 Å². The van der Waals surface area contributed by atoms with E-state index in [9.17, 15) is 4.79 Å². The van der Waals surface area contributed by atoms with E-state index in [0.29, 0.717) is 11.1 Å². The summed E-state index contributed by atoms with van der Waals surface area (Å²) in [5, 5.41) is 2.72. The summed E-state index contributed by atoms with van der Waals surface area (Å²) in [6.07, 6.45) is -0.972. The largest absolute Gasteiger partial charge is 0.456 e. The summed E-state index contributed by atoms with van der Waals surface area (Å²) in [6.45, 7) is 1.78. The number of furan rings is 1. The molecule has 2 aromatic heterocycles. The van der Waals surface area contributed by atoms with Crippen molar-refractivity contribution in [3.63, 3.8) is 0 Å². The average Bonchev–Trinajstić information content (AvgIpc) is 2.90. The van der Waals surface area contributed by atoms with Crippen LogP contribution in [-0.2, 0) is 9.47 Å². The molecule has 0 atom stereocenters. The van der Waals surface area contributed by atoms with Crippen molar-refractivity contribution in [3.05, 3.63) is 58.4 Å². The maximum absolute atomic E-state index is 12.2. The van der Waals surface area contributed by atoms with Gasteiger partial charge in [0, 0.05) is 16.2 Å². The fourth-order valence-corrected chi connectivity index (χ4v) is 3.10. The lowest BCUT2D eigenvalue weighted by molar-refractivity contribution is -0.383. The molecule has 0 aliphatic carbocycles. The van der Waals surface area contributed by atoms with E-state index in [-0.39, 0.29) is 6.29 Å². The Bertz CT molecular complexity index is 1110. The summed E-state index contributed by atoms with van der Waals surface area (Å²) >= 11 is 0. The maximum atomic E-state index is 12.2. The van der Waals surface area contributed by atoms with Crippen molar-refractivity contribution in [2.75, 3.05) is 0 Å². The topological polar surface area (TPSA) is 61.8 Å². The standard InChI is InChI=1S/C18H12O5/c1-9-20-18(21-9)12-8-11-14(23-17(12)19)6-7-15-16(11)10-4-2-3-5-13(10)22-15/h2-9,18H,1H3. The van der Waals surface area contributed by atoms with E-state index < -0.39 is 11.9 Å². The van der Waals surface area contributed by atoms with Crippen molar-refractivity contribution in [2.45, 2.75) is 19.5 Å². The highest BCUT2D eigenvalue weighted by Crippen LogP contribution is 2.36. The predicted octanol–water partition coefficient (Wildman–Crippen LogP) is 4.08. The zero-order chi connectivity index (χ0) is 15.6. The summed E-state index contributed by atoms with van der Waals surface area (Å²) in [7, 11) is 0. The van der Waals surface area contributed by atoms with Crippen LogP contribution in [0.15, 0.2) is 56.1 Å². The van der Waals surface area contributed by atoms with E-state index in [1.54, 1.807) is 19.1 Å². The van der Waals surface area contributed by atoms with Crippen LogP contribution < -0.4 is 5.63 Å². The van der Waals surface area contributed by atoms with Crippen LogP contribution in [-0.4, -0.2) is 6.29 Å². The van der Waals surface area contributed by atoms with Crippen molar-refractivity contribution >= 4 is 32.9 Å². The number of benzene rings is 2. The van der Waals surface area contributed by atoms with Crippen LogP contribution in [0.5, 0.6) is 0 Å². The maximum Gasteiger partial charge on any atom is 0.344 e. The van der Waals surface area contributed by atoms with E-state index >= 15 is 0 Å². The molecule has 1 aliphatic heterocycles. The van der Waals surface area contributed by atoms with E-state index in [4.69, 9.17) is 18.3 Å². The first-order valence-corrected chi connectivity index (χ1v) is 7.39. The van der Waals surface area contributed by atoms with E-state index in [2.05, 4.69) is 0 Å². The normalized spacial score (nSPS) is 21.1. The smallest absolute Gasteiger partial charge is 0.344 e. The van der Waals surface area contributed by atoms with Crippen molar-refractivity contribution in [3.8, 4) is 0 Å². The minimum absolute atomic E-state index is 0.305. The second kappa shape index (κ2) is 4.44. The summed E-state index contributed by atoms with van der Waals surface area (Å²) < 4.78 is 22.2. The van der Waals surface area contributed by atoms with Gasteiger partial charge in [-0.2, -0.15) is 0 Å². The molecule has 0 N–H and O–H groups in total. The number of hydrogen-bond acceptors (Lipinski definition) is 5. The Balaban J connectivity index is 1.88. The van der Waals surface area contributed by atoms with Crippen LogP contribution in [0.25, 0.3) is 32.9 Å². The fraction of sp³-hybridized carbons (Fsp3) is 0.167. The van der Waals surface area contributed by atoms with Gasteiger partial charge in [-0.3, -0.25) is 0 Å². The molecule has 1 aliphatic rings. The summed E-state index contributed by atoms with van der Waals surface area (Å²) in [5.41, 5.74) is 2.00. The molecule has 5 nitrogen and oxygen atoms in total. The number of fused-ring (bicyclic) bond motifs is 5. The first kappa shape index (κ1) is 12.9. The summed E-state index contributed by atoms with van der Waals surface area (Å²) in [4.78, 5) is 12.2. The van der Waals surface area contributed by atoms with Crippen LogP contribution in [0.1, 0.15) is 18.8 Å². The molecular weight excluding hydrogens is 296 g/mol. The SMILES string of the molecule is CC1OC(c2cc3c(ccc4oc5ccccc5c43)oc2=O)O1. The molecule has 0 unspecified atom stereocenters. The van der Waals surface area contributed by atoms with Crippen molar-refractivity contribution in [2.24, 2.45) is 0 Å². The van der Waals surface area contributed by atoms with Gasteiger partial charge in [0.05, 0.1) is 5.56 Å². The van der Waals surface area contributed by atoms with E-state index in [1.165, 1.54) is 0 Å². The molecule has 114 valence electrons. The van der Waals surface area contributed by atoms with Gasteiger partial charge in [0.15, 0.2) is 12.6 Å². The molecule has 5 heteroatoms. The Labute approximate surface area is 130 Å². The van der Waals surface area contributed by atoms with E-state index in [1.807, 2.05) is 30.3 Å². The summed E-state index contributed by atoms with van der Waals surface area (Å²) in [6, 6.07) is 13.1. The van der Waals surface area contributed by atoms with E-state index in [0.717, 1.165) is 27.3 Å². The van der Waals surface area contributed by atoms with Crippen LogP contribution >= 0.6 is 0 Å². The van der Waals surface area contributed by atoms with Gasteiger partial charge in [-0.1, -0.05) is 18.2 Å². The first-order chi connectivity index (χ1) is 11.2. The van der Waals surface area contributed by atoms with Crippen LogP contribution in [0, 0.1) is 0 Å². The van der Waals surface area contributed by atoms with Crippen LogP contribution in [0.4, 0.5) is 0 Å². The fourth-order valence-electron chi connectivity index (χ4n) is 3.10. The molecule has 1 fully saturated rings. The molecule has 0 amide bonds. The third kappa shape index (κ3) is 1.78. The highest BCUT2D eigenvalue weighted by molar-refractivity contribution is 6.17. The van der Waals surface area contributed by atoms with Gasteiger partial charge in [0.1, 0.15) is 16.7 Å². The molecule has 23 heavy (non-hydrogen) atoms. The Morgan fingerprint density at radius 2 is 1.61 bits per heavy atom. The monoisotopic (exact) mass is 308 g/mol. The van der Waals surface area contributed by atoms with Crippen molar-refractivity contribution in [1.82, 2.24) is 0 Å². The Hall–Kier alpha value is -2.63. The van der Waals surface area contributed by atoms with Gasteiger partial charge < -0.3 is 18.3 Å². The molecule has 0 bridgehead atoms. The first-order valence-electron chi connectivity index (χ1n) is 7.39. The van der Waals surface area contributed by atoms with Gasteiger partial charge in [-0.05, 0) is 31.2 Å². The molecule has 2 aromatic carbocycles. The number of ether oxygens (including phenoxy) is 2. The summed E-state index contributed by atoms with van der Waals surface area (Å²) in [5.74, 6) is 0. The van der Waals surface area contributed by atoms with Crippen molar-refractivity contribution < 1.29 is 18.3 Å². The lowest BCUT2D eigenvalue weighted by Crippen LogP contribution is -2.34. The Morgan fingerprint density at radius 1 is 0.870 bits per heavy atom. The molecule has 1 saturated heterocycles. The number of rotatable bonds is 1. The molecule has 3 heterocycles. The third-order valence-corrected chi connectivity index (χ3v) is 4.17. The molecule has 0 spiro atoms. The minimum Gasteiger partial charge on any atom is -0.456 e. The van der Waals surface area contributed by atoms with Gasteiger partial charge in [0.2, 0.25) is 0 Å². The van der Waals surface area contributed by atoms with Gasteiger partial charge in [-0.15, -0.1) is 0 Å². The van der Waals surface area contributed by atoms with Crippen LogP contribution in [0.2, 0.25) is 0 Å². The van der Waals surface area contributed by atoms with Crippen molar-refractivity contribution in [1.29, 1.82) is 0 Å². The quantitative estimate of drug-likeness (QED) is 0.496. The van der Waals surface area contributed by atoms with Gasteiger partial charge in [-0.25, -0.2) is 4.79 Å². The highest BCUT2D eigenvalue weighted by atomic mass is 16.9. The predicted molar refractivity (Wildman–Crippen MR) is 84.1 cm³/mol. The average molecular weight is 308 g/mol. The molecular formula is C18H12O5. The number of hydrogen-bond donors (Lipinski definition) is 0. The highest BCUT2D eigenvalue weighted by Gasteiger charge is 2.32. The molecule has 0 saturated carbocycles. The third-order valence-electron chi connectivity index (χ3n) is 4.17. The zero-order valence-electron chi connectivity index (χ0n) is 12.2. The lowest BCUT2D eigenvalue weighted by Gasteiger charge is -2.33. The van der Waals surface area contributed by atoms with Gasteiger partial charge in [0.25, 0.3) is 0 Å². The zero-order valence-corrected chi connectivity index (χ0v) is 12.2. The molecule has 4 aromatic rings. The second-order valence-electron chi connectivity index (χ2n) is 5.61. The second-order valence-corrected chi connectivity index (χ2v) is 5.61. The lowest BCUT2D eigenvalue weighted by atomic mass is 10.1. The molecule has 5 rings (SSSR count). The number of para-hydroxylation sites is 1. The molecule has 0 radical (unpaired) electrons. The van der Waals surface area contributed by atoms with Gasteiger partial charge >= 0.3 is 5.63 Å². The Morgan fingerprint density at radius 3 is 2.43 bits per heavy atom. The minimum atomic E-state index is -0.668. The Kier molecular flexibility index (Phi) is 2.48.